The Labute approximate surface area is 206 Å². The highest BCUT2D eigenvalue weighted by atomic mass is 16.1. The number of benzene rings is 4. The summed E-state index contributed by atoms with van der Waals surface area (Å²) in [4.78, 5) is 21.1. The molecule has 4 aromatic carbocycles. The third-order valence-corrected chi connectivity index (χ3v) is 6.37. The van der Waals surface area contributed by atoms with E-state index in [1.165, 1.54) is 16.7 Å². The van der Waals surface area contributed by atoms with Crippen LogP contribution >= 0.6 is 0 Å². The summed E-state index contributed by atoms with van der Waals surface area (Å²) >= 11 is 0. The maximum atomic E-state index is 13.8. The molecule has 4 nitrogen and oxygen atoms in total. The lowest BCUT2D eigenvalue weighted by atomic mass is 10.1. The van der Waals surface area contributed by atoms with E-state index in [1.54, 1.807) is 4.57 Å². The van der Waals surface area contributed by atoms with Crippen LogP contribution in [0.3, 0.4) is 0 Å². The van der Waals surface area contributed by atoms with Gasteiger partial charge in [-0.2, -0.15) is 0 Å². The van der Waals surface area contributed by atoms with E-state index in [0.29, 0.717) is 23.4 Å². The van der Waals surface area contributed by atoms with E-state index < -0.39 is 0 Å². The third kappa shape index (κ3) is 5.02. The van der Waals surface area contributed by atoms with Gasteiger partial charge in [-0.3, -0.25) is 4.79 Å². The number of nitrogens with zero attached hydrogens (tertiary/aromatic N) is 3. The van der Waals surface area contributed by atoms with Crippen molar-refractivity contribution in [3.8, 4) is 5.69 Å². The summed E-state index contributed by atoms with van der Waals surface area (Å²) < 4.78 is 1.77. The van der Waals surface area contributed by atoms with E-state index in [2.05, 4.69) is 72.5 Å². The lowest BCUT2D eigenvalue weighted by Crippen LogP contribution is -2.33. The van der Waals surface area contributed by atoms with Crippen LogP contribution in [0.15, 0.2) is 114 Å². The van der Waals surface area contributed by atoms with Crippen molar-refractivity contribution >= 4 is 16.9 Å². The minimum Gasteiger partial charge on any atom is -0.337 e. The minimum absolute atomic E-state index is 0.0485. The SMILES string of the molecule is CCc1ccc(-n2c(N(CCc3ccccc3)Cc3ccccc3)nc3ccccc3c2=O)cc1. The Morgan fingerprint density at radius 1 is 0.714 bits per heavy atom. The number of hydrogen-bond acceptors (Lipinski definition) is 3. The first-order valence-corrected chi connectivity index (χ1v) is 12.2. The smallest absolute Gasteiger partial charge is 0.267 e. The van der Waals surface area contributed by atoms with Gasteiger partial charge in [-0.25, -0.2) is 9.55 Å². The van der Waals surface area contributed by atoms with E-state index in [0.717, 1.165) is 25.1 Å². The fraction of sp³-hybridized carbons (Fsp3) is 0.161. The summed E-state index contributed by atoms with van der Waals surface area (Å²) in [6.07, 6.45) is 1.81. The first-order valence-electron chi connectivity index (χ1n) is 12.2. The molecule has 0 atom stereocenters. The fourth-order valence-corrected chi connectivity index (χ4v) is 4.41. The molecule has 4 heteroatoms. The molecule has 0 saturated carbocycles. The zero-order chi connectivity index (χ0) is 24.0. The molecule has 0 unspecified atom stereocenters. The molecule has 0 saturated heterocycles. The number of anilines is 1. The van der Waals surface area contributed by atoms with Gasteiger partial charge in [-0.1, -0.05) is 91.9 Å². The van der Waals surface area contributed by atoms with E-state index in [4.69, 9.17) is 4.98 Å². The Hall–Kier alpha value is -4.18. The molecule has 5 rings (SSSR count). The van der Waals surface area contributed by atoms with Crippen molar-refractivity contribution < 1.29 is 0 Å². The van der Waals surface area contributed by atoms with Crippen LogP contribution in [-0.4, -0.2) is 16.1 Å². The first kappa shape index (κ1) is 22.6. The lowest BCUT2D eigenvalue weighted by molar-refractivity contribution is 0.730. The van der Waals surface area contributed by atoms with Gasteiger partial charge in [0, 0.05) is 13.1 Å². The van der Waals surface area contributed by atoms with Crippen LogP contribution in [0.5, 0.6) is 0 Å². The molecule has 0 bridgehead atoms. The molecule has 0 amide bonds. The number of hydrogen-bond donors (Lipinski definition) is 0. The second-order valence-corrected chi connectivity index (χ2v) is 8.73. The van der Waals surface area contributed by atoms with Crippen LogP contribution in [0.1, 0.15) is 23.6 Å². The van der Waals surface area contributed by atoms with Crippen LogP contribution in [-0.2, 0) is 19.4 Å². The van der Waals surface area contributed by atoms with Crippen LogP contribution in [0.4, 0.5) is 5.95 Å². The first-order chi connectivity index (χ1) is 17.2. The third-order valence-electron chi connectivity index (χ3n) is 6.37. The molecule has 0 aliphatic carbocycles. The summed E-state index contributed by atoms with van der Waals surface area (Å²) in [6, 6.07) is 36.7. The molecule has 1 aromatic heterocycles. The van der Waals surface area contributed by atoms with Crippen molar-refractivity contribution in [2.75, 3.05) is 11.4 Å². The van der Waals surface area contributed by atoms with Crippen molar-refractivity contribution in [1.29, 1.82) is 0 Å². The van der Waals surface area contributed by atoms with Gasteiger partial charge >= 0.3 is 0 Å². The Balaban J connectivity index is 1.66. The normalized spacial score (nSPS) is 11.0. The molecule has 0 radical (unpaired) electrons. The molecular weight excluding hydrogens is 430 g/mol. The predicted molar refractivity (Wildman–Crippen MR) is 144 cm³/mol. The van der Waals surface area contributed by atoms with Crippen LogP contribution in [0, 0.1) is 0 Å². The maximum Gasteiger partial charge on any atom is 0.267 e. The maximum absolute atomic E-state index is 13.8. The van der Waals surface area contributed by atoms with Gasteiger partial charge in [0.25, 0.3) is 5.56 Å². The largest absolute Gasteiger partial charge is 0.337 e. The number of fused-ring (bicyclic) bond motifs is 1. The summed E-state index contributed by atoms with van der Waals surface area (Å²) in [7, 11) is 0. The van der Waals surface area contributed by atoms with E-state index in [1.807, 2.05) is 48.5 Å². The Bertz CT molecular complexity index is 1460. The van der Waals surface area contributed by atoms with Crippen LogP contribution < -0.4 is 10.5 Å². The zero-order valence-electron chi connectivity index (χ0n) is 20.0. The molecule has 0 aliphatic rings. The topological polar surface area (TPSA) is 38.1 Å². The molecular formula is C31H29N3O. The second-order valence-electron chi connectivity index (χ2n) is 8.73. The second kappa shape index (κ2) is 10.4. The van der Waals surface area contributed by atoms with E-state index >= 15 is 0 Å². The molecule has 5 aromatic rings. The predicted octanol–water partition coefficient (Wildman–Crippen LogP) is 6.20. The number of rotatable bonds is 8. The highest BCUT2D eigenvalue weighted by molar-refractivity contribution is 5.79. The van der Waals surface area contributed by atoms with Crippen LogP contribution in [0.2, 0.25) is 0 Å². The van der Waals surface area contributed by atoms with Gasteiger partial charge in [0.05, 0.1) is 16.6 Å². The molecule has 174 valence electrons. The van der Waals surface area contributed by atoms with Crippen molar-refractivity contribution in [3.05, 3.63) is 136 Å². The Kier molecular flexibility index (Phi) is 6.71. The summed E-state index contributed by atoms with van der Waals surface area (Å²) in [5, 5.41) is 0.624. The quantitative estimate of drug-likeness (QED) is 0.277. The molecule has 0 fully saturated rings. The number of aromatic nitrogens is 2. The highest BCUT2D eigenvalue weighted by Gasteiger charge is 2.19. The summed E-state index contributed by atoms with van der Waals surface area (Å²) in [5.74, 6) is 0.665. The fourth-order valence-electron chi connectivity index (χ4n) is 4.41. The van der Waals surface area contributed by atoms with E-state index in [9.17, 15) is 4.79 Å². The average Bonchev–Trinajstić information content (AvgIpc) is 2.92. The Morgan fingerprint density at radius 2 is 1.34 bits per heavy atom. The molecule has 0 spiro atoms. The van der Waals surface area contributed by atoms with Gasteiger partial charge in [0.2, 0.25) is 5.95 Å². The van der Waals surface area contributed by atoms with E-state index in [-0.39, 0.29) is 5.56 Å². The van der Waals surface area contributed by atoms with Crippen molar-refractivity contribution in [3.63, 3.8) is 0 Å². The average molecular weight is 460 g/mol. The monoisotopic (exact) mass is 459 g/mol. The zero-order valence-corrected chi connectivity index (χ0v) is 20.0. The van der Waals surface area contributed by atoms with Gasteiger partial charge < -0.3 is 4.90 Å². The standard InChI is InChI=1S/C31H29N3O/c1-2-24-17-19-27(20-18-24)34-30(35)28-15-9-10-16-29(28)32-31(34)33(23-26-13-7-4-8-14-26)22-21-25-11-5-3-6-12-25/h3-20H,2,21-23H2,1H3. The molecule has 0 N–H and O–H groups in total. The van der Waals surface area contributed by atoms with Crippen molar-refractivity contribution in [2.45, 2.75) is 26.3 Å². The van der Waals surface area contributed by atoms with Gasteiger partial charge in [0.1, 0.15) is 0 Å². The molecule has 35 heavy (non-hydrogen) atoms. The summed E-state index contributed by atoms with van der Waals surface area (Å²) in [6.45, 7) is 3.53. The van der Waals surface area contributed by atoms with Gasteiger partial charge in [-0.05, 0) is 53.8 Å². The van der Waals surface area contributed by atoms with Gasteiger partial charge in [0.15, 0.2) is 0 Å². The van der Waals surface area contributed by atoms with Crippen molar-refractivity contribution in [1.82, 2.24) is 9.55 Å². The molecule has 0 aliphatic heterocycles. The minimum atomic E-state index is -0.0485. The summed E-state index contributed by atoms with van der Waals surface area (Å²) in [5.41, 5.74) is 5.17. The Morgan fingerprint density at radius 3 is 2.03 bits per heavy atom. The highest BCUT2D eigenvalue weighted by Crippen LogP contribution is 2.22. The van der Waals surface area contributed by atoms with Crippen molar-refractivity contribution in [2.24, 2.45) is 0 Å². The molecule has 1 heterocycles. The number of para-hydroxylation sites is 1. The van der Waals surface area contributed by atoms with Crippen LogP contribution in [0.25, 0.3) is 16.6 Å². The van der Waals surface area contributed by atoms with Gasteiger partial charge in [-0.15, -0.1) is 0 Å². The lowest BCUT2D eigenvalue weighted by Gasteiger charge is -2.27. The number of aryl methyl sites for hydroxylation is 1.